The smallest absolute Gasteiger partial charge is 0.335 e. The van der Waals surface area contributed by atoms with Crippen molar-refractivity contribution in [1.29, 1.82) is 0 Å². The van der Waals surface area contributed by atoms with Gasteiger partial charge in [0.2, 0.25) is 0 Å². The van der Waals surface area contributed by atoms with Crippen molar-refractivity contribution < 1.29 is 20.1 Å². The van der Waals surface area contributed by atoms with E-state index in [0.29, 0.717) is 17.4 Å². The monoisotopic (exact) mass is 426 g/mol. The fourth-order valence-corrected chi connectivity index (χ4v) is 5.36. The predicted octanol–water partition coefficient (Wildman–Crippen LogP) is 5.54. The van der Waals surface area contributed by atoms with Gasteiger partial charge in [0, 0.05) is 5.92 Å². The number of fused-ring (bicyclic) bond motifs is 1. The van der Waals surface area contributed by atoms with Crippen LogP contribution in [-0.2, 0) is 6.42 Å². The lowest BCUT2D eigenvalue weighted by Crippen LogP contribution is -2.18. The predicted molar refractivity (Wildman–Crippen MR) is 124 cm³/mol. The van der Waals surface area contributed by atoms with Gasteiger partial charge < -0.3 is 15.3 Å². The zero-order chi connectivity index (χ0) is 22.2. The lowest BCUT2D eigenvalue weighted by atomic mass is 9.88. The standard InChI is InChI=1S/C27H38O4/c1-2-3-4-12-22(28)14-15-24-25-17-19(16-21(25)18-26(24)29)9-5-6-10-20-11-7-8-13-23(20)27(30)31/h7-8,11,13-16,21-22,24-26,28-29H,2-6,9-10,12,17-18H2,1H3,(H,30,31)/t21-,22-,24-,25-,26+/m0/s1. The number of aryl methyl sites for hydroxylation is 1. The minimum atomic E-state index is -0.852. The molecule has 1 saturated carbocycles. The number of benzene rings is 1. The molecule has 0 unspecified atom stereocenters. The van der Waals surface area contributed by atoms with Crippen LogP contribution in [0.4, 0.5) is 0 Å². The molecule has 31 heavy (non-hydrogen) atoms. The van der Waals surface area contributed by atoms with E-state index in [4.69, 9.17) is 0 Å². The summed E-state index contributed by atoms with van der Waals surface area (Å²) in [4.78, 5) is 11.3. The van der Waals surface area contributed by atoms with Crippen LogP contribution in [0.25, 0.3) is 0 Å². The molecule has 3 N–H and O–H groups in total. The van der Waals surface area contributed by atoms with Crippen molar-refractivity contribution in [2.24, 2.45) is 17.8 Å². The number of carboxylic acid groups (broad SMARTS) is 1. The first kappa shape index (κ1) is 23.7. The molecule has 0 bridgehead atoms. The molecular formula is C27H38O4. The van der Waals surface area contributed by atoms with Crippen LogP contribution in [0.2, 0.25) is 0 Å². The van der Waals surface area contributed by atoms with E-state index in [1.807, 2.05) is 18.2 Å². The first-order chi connectivity index (χ1) is 15.0. The molecule has 1 fully saturated rings. The first-order valence-corrected chi connectivity index (χ1v) is 12.0. The van der Waals surface area contributed by atoms with Gasteiger partial charge in [-0.05, 0) is 68.4 Å². The van der Waals surface area contributed by atoms with Crippen molar-refractivity contribution >= 4 is 5.97 Å². The van der Waals surface area contributed by atoms with Crippen molar-refractivity contribution in [1.82, 2.24) is 0 Å². The third kappa shape index (κ3) is 6.54. The van der Waals surface area contributed by atoms with Gasteiger partial charge in [-0.25, -0.2) is 4.79 Å². The number of rotatable bonds is 12. The van der Waals surface area contributed by atoms with Crippen LogP contribution in [0.15, 0.2) is 48.1 Å². The highest BCUT2D eigenvalue weighted by molar-refractivity contribution is 5.89. The highest BCUT2D eigenvalue weighted by Gasteiger charge is 2.43. The van der Waals surface area contributed by atoms with Crippen LogP contribution in [-0.4, -0.2) is 33.5 Å². The van der Waals surface area contributed by atoms with Gasteiger partial charge in [-0.3, -0.25) is 0 Å². The molecule has 4 nitrogen and oxygen atoms in total. The fraction of sp³-hybridized carbons (Fsp3) is 0.593. The molecule has 0 aliphatic heterocycles. The molecule has 1 aromatic carbocycles. The second-order valence-corrected chi connectivity index (χ2v) is 9.35. The topological polar surface area (TPSA) is 77.8 Å². The van der Waals surface area contributed by atoms with Crippen molar-refractivity contribution in [2.75, 3.05) is 0 Å². The van der Waals surface area contributed by atoms with Crippen LogP contribution in [0, 0.1) is 17.8 Å². The summed E-state index contributed by atoms with van der Waals surface area (Å²) in [7, 11) is 0. The first-order valence-electron chi connectivity index (χ1n) is 12.0. The Morgan fingerprint density at radius 2 is 1.94 bits per heavy atom. The average molecular weight is 427 g/mol. The number of allylic oxidation sites excluding steroid dienone is 2. The minimum absolute atomic E-state index is 0.141. The third-order valence-corrected chi connectivity index (χ3v) is 7.05. The number of hydrogen-bond acceptors (Lipinski definition) is 3. The number of carbonyl (C=O) groups is 1. The van der Waals surface area contributed by atoms with E-state index >= 15 is 0 Å². The van der Waals surface area contributed by atoms with Crippen molar-refractivity contribution in [2.45, 2.75) is 83.3 Å². The van der Waals surface area contributed by atoms with E-state index in [9.17, 15) is 20.1 Å². The van der Waals surface area contributed by atoms with Gasteiger partial charge in [-0.15, -0.1) is 0 Å². The summed E-state index contributed by atoms with van der Waals surface area (Å²) in [6.45, 7) is 2.16. The Kier molecular flexibility index (Phi) is 8.91. The van der Waals surface area contributed by atoms with Gasteiger partial charge in [-0.1, -0.05) is 68.2 Å². The maximum atomic E-state index is 11.3. The quantitative estimate of drug-likeness (QED) is 0.303. The molecule has 5 atom stereocenters. The van der Waals surface area contributed by atoms with E-state index < -0.39 is 12.1 Å². The maximum absolute atomic E-state index is 11.3. The molecule has 4 heteroatoms. The van der Waals surface area contributed by atoms with Gasteiger partial charge in [0.15, 0.2) is 0 Å². The second-order valence-electron chi connectivity index (χ2n) is 9.35. The summed E-state index contributed by atoms with van der Waals surface area (Å²) >= 11 is 0. The number of unbranched alkanes of at least 4 members (excludes halogenated alkanes) is 3. The normalized spacial score (nSPS) is 26.2. The van der Waals surface area contributed by atoms with Crippen molar-refractivity contribution in [3.05, 3.63) is 59.2 Å². The lowest BCUT2D eigenvalue weighted by molar-refractivity contribution is 0.0695. The largest absolute Gasteiger partial charge is 0.478 e. The Balaban J connectivity index is 1.44. The molecule has 0 spiro atoms. The molecular weight excluding hydrogens is 388 g/mol. The summed E-state index contributed by atoms with van der Waals surface area (Å²) in [5, 5.41) is 30.0. The Morgan fingerprint density at radius 1 is 1.16 bits per heavy atom. The van der Waals surface area contributed by atoms with E-state index in [-0.39, 0.29) is 12.0 Å². The summed E-state index contributed by atoms with van der Waals surface area (Å²) in [6, 6.07) is 7.27. The van der Waals surface area contributed by atoms with Crippen LogP contribution in [0.1, 0.15) is 80.6 Å². The molecule has 0 saturated heterocycles. The second kappa shape index (κ2) is 11.6. The molecule has 170 valence electrons. The molecule has 2 aliphatic carbocycles. The number of aromatic carboxylic acids is 1. The molecule has 0 radical (unpaired) electrons. The summed E-state index contributed by atoms with van der Waals surface area (Å²) < 4.78 is 0. The van der Waals surface area contributed by atoms with E-state index in [1.165, 1.54) is 5.57 Å². The van der Waals surface area contributed by atoms with Gasteiger partial charge in [0.25, 0.3) is 0 Å². The zero-order valence-corrected chi connectivity index (χ0v) is 18.7. The van der Waals surface area contributed by atoms with Crippen LogP contribution >= 0.6 is 0 Å². The van der Waals surface area contributed by atoms with Crippen molar-refractivity contribution in [3.8, 4) is 0 Å². The molecule has 0 aromatic heterocycles. The Morgan fingerprint density at radius 3 is 2.71 bits per heavy atom. The fourth-order valence-electron chi connectivity index (χ4n) is 5.36. The molecule has 0 heterocycles. The van der Waals surface area contributed by atoms with E-state index in [0.717, 1.165) is 69.8 Å². The number of aliphatic hydroxyl groups excluding tert-OH is 2. The molecule has 0 amide bonds. The lowest BCUT2D eigenvalue weighted by Gasteiger charge is -2.19. The van der Waals surface area contributed by atoms with Gasteiger partial charge in [-0.2, -0.15) is 0 Å². The third-order valence-electron chi connectivity index (χ3n) is 7.05. The van der Waals surface area contributed by atoms with Crippen LogP contribution < -0.4 is 0 Å². The summed E-state index contributed by atoms with van der Waals surface area (Å²) in [5.41, 5.74) is 2.81. The highest BCUT2D eigenvalue weighted by atomic mass is 16.4. The Hall–Kier alpha value is -1.91. The molecule has 2 aliphatic rings. The van der Waals surface area contributed by atoms with Crippen LogP contribution in [0.3, 0.4) is 0 Å². The van der Waals surface area contributed by atoms with E-state index in [2.05, 4.69) is 19.1 Å². The zero-order valence-electron chi connectivity index (χ0n) is 18.7. The van der Waals surface area contributed by atoms with Crippen molar-refractivity contribution in [3.63, 3.8) is 0 Å². The highest BCUT2D eigenvalue weighted by Crippen LogP contribution is 2.48. The molecule has 3 rings (SSSR count). The van der Waals surface area contributed by atoms with Gasteiger partial charge >= 0.3 is 5.97 Å². The SMILES string of the molecule is CCCCC[C@H](O)C=C[C@H]1[C@H]2CC(CCCCc3ccccc3C(=O)O)=C[C@H]2C[C@H]1O. The Labute approximate surface area is 186 Å². The van der Waals surface area contributed by atoms with E-state index in [1.54, 1.807) is 12.1 Å². The van der Waals surface area contributed by atoms with Gasteiger partial charge in [0.1, 0.15) is 0 Å². The van der Waals surface area contributed by atoms with Crippen LogP contribution in [0.5, 0.6) is 0 Å². The maximum Gasteiger partial charge on any atom is 0.335 e. The number of aliphatic hydroxyl groups is 2. The summed E-state index contributed by atoms with van der Waals surface area (Å²) in [5.74, 6) is 0.193. The summed E-state index contributed by atoms with van der Waals surface area (Å²) in [6.07, 6.45) is 15.5. The number of hydrogen-bond donors (Lipinski definition) is 3. The minimum Gasteiger partial charge on any atom is -0.478 e. The Bertz CT molecular complexity index is 781. The van der Waals surface area contributed by atoms with Gasteiger partial charge in [0.05, 0.1) is 17.8 Å². The number of carboxylic acids is 1. The average Bonchev–Trinajstić information content (AvgIpc) is 3.26. The molecule has 1 aromatic rings.